The first-order chi connectivity index (χ1) is 12.7. The number of halogens is 2. The van der Waals surface area contributed by atoms with Crippen LogP contribution in [0.3, 0.4) is 0 Å². The third kappa shape index (κ3) is 2.67. The van der Waals surface area contributed by atoms with Crippen molar-refractivity contribution in [3.8, 4) is 0 Å². The van der Waals surface area contributed by atoms with E-state index in [1.165, 1.54) is 12.1 Å². The van der Waals surface area contributed by atoms with Crippen LogP contribution in [0, 0.1) is 11.6 Å². The summed E-state index contributed by atoms with van der Waals surface area (Å²) in [6, 6.07) is 6.53. The van der Waals surface area contributed by atoms with Crippen LogP contribution in [0.2, 0.25) is 0 Å². The molecular formula is C19H16F2N2O2S. The van der Waals surface area contributed by atoms with Crippen LogP contribution in [0.25, 0.3) is 10.1 Å². The Hall–Kier alpha value is -2.09. The van der Waals surface area contributed by atoms with E-state index in [0.717, 1.165) is 44.7 Å². The summed E-state index contributed by atoms with van der Waals surface area (Å²) in [5.41, 5.74) is 1.66. The number of hydrogen-bond acceptors (Lipinski definition) is 5. The minimum Gasteiger partial charge on any atom is -0.362 e. The molecule has 5 rings (SSSR count). The lowest BCUT2D eigenvalue weighted by atomic mass is 10.1. The van der Waals surface area contributed by atoms with Gasteiger partial charge in [0.25, 0.3) is 0 Å². The van der Waals surface area contributed by atoms with Crippen molar-refractivity contribution in [2.75, 3.05) is 18.5 Å². The molecule has 1 saturated heterocycles. The van der Waals surface area contributed by atoms with Crippen LogP contribution in [0.1, 0.15) is 34.8 Å². The van der Waals surface area contributed by atoms with Crippen molar-refractivity contribution in [1.82, 2.24) is 4.98 Å². The van der Waals surface area contributed by atoms with Gasteiger partial charge >= 0.3 is 0 Å². The quantitative estimate of drug-likeness (QED) is 0.720. The summed E-state index contributed by atoms with van der Waals surface area (Å²) >= 11 is 1.58. The summed E-state index contributed by atoms with van der Waals surface area (Å²) < 4.78 is 39.3. The predicted octanol–water partition coefficient (Wildman–Crippen LogP) is 4.72. The van der Waals surface area contributed by atoms with E-state index in [4.69, 9.17) is 9.47 Å². The molecule has 2 aromatic heterocycles. The third-order valence-electron chi connectivity index (χ3n) is 4.88. The number of ether oxygens (including phenoxy) is 2. The lowest BCUT2D eigenvalue weighted by Crippen LogP contribution is -2.09. The van der Waals surface area contributed by atoms with E-state index in [1.54, 1.807) is 17.5 Å². The molecule has 7 heteroatoms. The van der Waals surface area contributed by atoms with Crippen molar-refractivity contribution in [2.45, 2.75) is 25.2 Å². The second-order valence-corrected chi connectivity index (χ2v) is 7.58. The van der Waals surface area contributed by atoms with Crippen molar-refractivity contribution >= 4 is 27.2 Å². The van der Waals surface area contributed by atoms with Crippen LogP contribution >= 0.6 is 11.3 Å². The van der Waals surface area contributed by atoms with Crippen molar-refractivity contribution in [1.29, 1.82) is 0 Å². The highest BCUT2D eigenvalue weighted by atomic mass is 32.1. The van der Waals surface area contributed by atoms with E-state index < -0.39 is 11.6 Å². The van der Waals surface area contributed by atoms with Gasteiger partial charge in [0.05, 0.1) is 28.8 Å². The van der Waals surface area contributed by atoms with E-state index >= 15 is 0 Å². The van der Waals surface area contributed by atoms with Gasteiger partial charge in [-0.25, -0.2) is 13.8 Å². The molecule has 0 amide bonds. The SMILES string of the molecule is Fc1cc2c(cc1F)[C@H](Nc1nccc3cc(C4OCCO4)sc13)CC2. The summed E-state index contributed by atoms with van der Waals surface area (Å²) in [6.07, 6.45) is 2.94. The monoisotopic (exact) mass is 374 g/mol. The maximum absolute atomic E-state index is 13.7. The molecule has 1 aromatic carbocycles. The maximum Gasteiger partial charge on any atom is 0.193 e. The smallest absolute Gasteiger partial charge is 0.193 e. The molecule has 3 aromatic rings. The number of fused-ring (bicyclic) bond motifs is 2. The van der Waals surface area contributed by atoms with Crippen LogP contribution in [0.5, 0.6) is 0 Å². The van der Waals surface area contributed by atoms with Gasteiger partial charge in [0.1, 0.15) is 5.82 Å². The predicted molar refractivity (Wildman–Crippen MR) is 95.3 cm³/mol. The topological polar surface area (TPSA) is 43.4 Å². The van der Waals surface area contributed by atoms with Gasteiger partial charge in [0, 0.05) is 6.20 Å². The fourth-order valence-corrected chi connectivity index (χ4v) is 4.75. The van der Waals surface area contributed by atoms with Crippen LogP contribution in [-0.4, -0.2) is 18.2 Å². The number of rotatable bonds is 3. The Kier molecular flexibility index (Phi) is 3.88. The number of nitrogens with one attached hydrogen (secondary N) is 1. The molecule has 1 aliphatic heterocycles. The number of nitrogens with zero attached hydrogens (tertiary/aromatic N) is 1. The fourth-order valence-electron chi connectivity index (χ4n) is 3.64. The number of anilines is 1. The first-order valence-electron chi connectivity index (χ1n) is 8.55. The van der Waals surface area contributed by atoms with Crippen LogP contribution in [0.4, 0.5) is 14.6 Å². The Morgan fingerprint density at radius 2 is 1.92 bits per heavy atom. The van der Waals surface area contributed by atoms with Gasteiger partial charge in [-0.2, -0.15) is 0 Å². The van der Waals surface area contributed by atoms with Gasteiger partial charge in [0.2, 0.25) is 0 Å². The first-order valence-corrected chi connectivity index (χ1v) is 9.37. The molecule has 0 saturated carbocycles. The lowest BCUT2D eigenvalue weighted by molar-refractivity contribution is -0.0412. The largest absolute Gasteiger partial charge is 0.362 e. The van der Waals surface area contributed by atoms with Gasteiger partial charge in [-0.15, -0.1) is 11.3 Å². The summed E-state index contributed by atoms with van der Waals surface area (Å²) in [5.74, 6) is -0.846. The Bertz CT molecular complexity index is 985. The highest BCUT2D eigenvalue weighted by Crippen LogP contribution is 2.40. The van der Waals surface area contributed by atoms with Gasteiger partial charge in [-0.1, -0.05) is 0 Å². The van der Waals surface area contributed by atoms with E-state index in [0.29, 0.717) is 13.2 Å². The Balaban J connectivity index is 1.48. The molecule has 0 spiro atoms. The zero-order chi connectivity index (χ0) is 17.7. The van der Waals surface area contributed by atoms with Gasteiger partial charge in [-0.3, -0.25) is 0 Å². The summed E-state index contributed by atoms with van der Waals surface area (Å²) in [5, 5.41) is 4.48. The summed E-state index contributed by atoms with van der Waals surface area (Å²) in [7, 11) is 0. The average molecular weight is 374 g/mol. The number of benzene rings is 1. The van der Waals surface area contributed by atoms with Gasteiger partial charge in [0.15, 0.2) is 17.9 Å². The molecule has 0 unspecified atom stereocenters. The molecular weight excluding hydrogens is 358 g/mol. The minimum absolute atomic E-state index is 0.0808. The average Bonchev–Trinajstić information content (AvgIpc) is 3.36. The molecule has 3 heterocycles. The summed E-state index contributed by atoms with van der Waals surface area (Å²) in [4.78, 5) is 5.48. The molecule has 1 aliphatic carbocycles. The van der Waals surface area contributed by atoms with Gasteiger partial charge < -0.3 is 14.8 Å². The second kappa shape index (κ2) is 6.26. The normalized spacial score (nSPS) is 20.0. The Morgan fingerprint density at radius 3 is 2.77 bits per heavy atom. The molecule has 4 nitrogen and oxygen atoms in total. The molecule has 26 heavy (non-hydrogen) atoms. The minimum atomic E-state index is -0.808. The fraction of sp³-hybridized carbons (Fsp3) is 0.316. The molecule has 1 atom stereocenters. The molecule has 134 valence electrons. The number of hydrogen-bond donors (Lipinski definition) is 1. The van der Waals surface area contributed by atoms with Crippen molar-refractivity contribution in [3.63, 3.8) is 0 Å². The highest BCUT2D eigenvalue weighted by molar-refractivity contribution is 7.19. The third-order valence-corrected chi connectivity index (χ3v) is 6.06. The van der Waals surface area contributed by atoms with E-state index in [-0.39, 0.29) is 12.3 Å². The first kappa shape index (κ1) is 16.1. The Morgan fingerprint density at radius 1 is 1.12 bits per heavy atom. The van der Waals surface area contributed by atoms with E-state index in [2.05, 4.69) is 16.4 Å². The lowest BCUT2D eigenvalue weighted by Gasteiger charge is -2.15. The number of aryl methyl sites for hydroxylation is 1. The number of thiophene rings is 1. The number of pyridine rings is 1. The van der Waals surface area contributed by atoms with Gasteiger partial charge in [-0.05, 0) is 53.6 Å². The molecule has 1 fully saturated rings. The van der Waals surface area contributed by atoms with Crippen LogP contribution in [0.15, 0.2) is 30.5 Å². The molecule has 1 N–H and O–H groups in total. The zero-order valence-electron chi connectivity index (χ0n) is 13.8. The van der Waals surface area contributed by atoms with Crippen molar-refractivity contribution in [3.05, 3.63) is 58.1 Å². The van der Waals surface area contributed by atoms with Crippen LogP contribution in [-0.2, 0) is 15.9 Å². The van der Waals surface area contributed by atoms with E-state index in [9.17, 15) is 8.78 Å². The maximum atomic E-state index is 13.7. The number of aromatic nitrogens is 1. The highest BCUT2D eigenvalue weighted by Gasteiger charge is 2.26. The second-order valence-electron chi connectivity index (χ2n) is 6.50. The van der Waals surface area contributed by atoms with Crippen molar-refractivity contribution < 1.29 is 18.3 Å². The summed E-state index contributed by atoms with van der Waals surface area (Å²) in [6.45, 7) is 1.20. The molecule has 0 radical (unpaired) electrons. The van der Waals surface area contributed by atoms with Crippen LogP contribution < -0.4 is 5.32 Å². The standard InChI is InChI=1S/C19H16F2N2O2S/c20-13-7-10-1-2-15(12(10)9-14(13)21)23-18-17-11(3-4-22-18)8-16(26-17)19-24-5-6-25-19/h3-4,7-9,15,19H,1-2,5-6H2,(H,22,23)/t15-/m1/s1. The zero-order valence-corrected chi connectivity index (χ0v) is 14.6. The van der Waals surface area contributed by atoms with E-state index in [1.807, 2.05) is 6.07 Å². The van der Waals surface area contributed by atoms with Crippen molar-refractivity contribution in [2.24, 2.45) is 0 Å². The Labute approximate surface area is 152 Å². The molecule has 0 bridgehead atoms. The molecule has 2 aliphatic rings.